The first kappa shape index (κ1) is 12.7. The highest BCUT2D eigenvalue weighted by Crippen LogP contribution is 2.32. The largest absolute Gasteiger partial charge is 0.387 e. The summed E-state index contributed by atoms with van der Waals surface area (Å²) in [6, 6.07) is 8.48. The van der Waals surface area contributed by atoms with Gasteiger partial charge in [-0.15, -0.1) is 11.3 Å². The van der Waals surface area contributed by atoms with E-state index in [1.54, 1.807) is 18.2 Å². The third-order valence-electron chi connectivity index (χ3n) is 2.58. The molecular formula is C13H12BrFOS. The van der Waals surface area contributed by atoms with Crippen molar-refractivity contribution in [2.24, 2.45) is 0 Å². The number of aryl methyl sites for hydroxylation is 1. The highest BCUT2D eigenvalue weighted by molar-refractivity contribution is 9.11. The number of thiophene rings is 1. The van der Waals surface area contributed by atoms with Crippen LogP contribution in [0.1, 0.15) is 22.1 Å². The van der Waals surface area contributed by atoms with E-state index in [-0.39, 0.29) is 5.82 Å². The van der Waals surface area contributed by atoms with Gasteiger partial charge in [-0.2, -0.15) is 0 Å². The number of aliphatic hydroxyl groups is 1. The van der Waals surface area contributed by atoms with E-state index in [0.29, 0.717) is 12.0 Å². The van der Waals surface area contributed by atoms with Crippen molar-refractivity contribution in [3.63, 3.8) is 0 Å². The van der Waals surface area contributed by atoms with Gasteiger partial charge in [0.1, 0.15) is 5.82 Å². The molecule has 0 amide bonds. The van der Waals surface area contributed by atoms with Gasteiger partial charge in [-0.05, 0) is 46.1 Å². The fourth-order valence-corrected chi connectivity index (χ4v) is 3.18. The maximum Gasteiger partial charge on any atom is 0.126 e. The molecule has 1 aromatic heterocycles. The summed E-state index contributed by atoms with van der Waals surface area (Å²) in [6.07, 6.45) is -0.346. The summed E-state index contributed by atoms with van der Waals surface area (Å²) in [5.74, 6) is -0.265. The fraction of sp³-hybridized carbons (Fsp3) is 0.231. The Kier molecular flexibility index (Phi) is 3.97. The Bertz CT molecular complexity index is 504. The molecule has 1 N–H and O–H groups in total. The van der Waals surface area contributed by atoms with E-state index in [1.165, 1.54) is 17.4 Å². The lowest BCUT2D eigenvalue weighted by Gasteiger charge is -2.09. The van der Waals surface area contributed by atoms with Crippen LogP contribution in [-0.4, -0.2) is 5.11 Å². The average Bonchev–Trinajstić information content (AvgIpc) is 2.63. The zero-order valence-corrected chi connectivity index (χ0v) is 11.7. The van der Waals surface area contributed by atoms with Crippen molar-refractivity contribution in [2.45, 2.75) is 19.4 Å². The number of benzene rings is 1. The highest BCUT2D eigenvalue weighted by Gasteiger charge is 2.14. The molecule has 0 saturated carbocycles. The van der Waals surface area contributed by atoms with Crippen LogP contribution in [0.5, 0.6) is 0 Å². The molecule has 1 heterocycles. The van der Waals surface area contributed by atoms with Crippen LogP contribution in [0.2, 0.25) is 0 Å². The minimum atomic E-state index is -0.651. The van der Waals surface area contributed by atoms with E-state index in [9.17, 15) is 9.50 Å². The molecule has 0 aliphatic carbocycles. The number of aliphatic hydroxyl groups excluding tert-OH is 1. The van der Waals surface area contributed by atoms with Crippen LogP contribution < -0.4 is 0 Å². The van der Waals surface area contributed by atoms with Gasteiger partial charge in [0, 0.05) is 11.3 Å². The van der Waals surface area contributed by atoms with Crippen LogP contribution in [-0.2, 0) is 6.42 Å². The van der Waals surface area contributed by atoms with Gasteiger partial charge in [0.05, 0.1) is 9.89 Å². The van der Waals surface area contributed by atoms with Crippen LogP contribution in [0.15, 0.2) is 34.1 Å². The van der Waals surface area contributed by atoms with Gasteiger partial charge in [-0.1, -0.05) is 18.2 Å². The van der Waals surface area contributed by atoms with Crippen molar-refractivity contribution in [1.82, 2.24) is 0 Å². The summed E-state index contributed by atoms with van der Waals surface area (Å²) in [5, 5.41) is 10.1. The van der Waals surface area contributed by atoms with Gasteiger partial charge >= 0.3 is 0 Å². The maximum absolute atomic E-state index is 13.4. The molecule has 4 heteroatoms. The molecule has 17 heavy (non-hydrogen) atoms. The number of halogens is 2. The van der Waals surface area contributed by atoms with Crippen LogP contribution >= 0.6 is 27.3 Å². The monoisotopic (exact) mass is 314 g/mol. The summed E-state index contributed by atoms with van der Waals surface area (Å²) < 4.78 is 14.4. The lowest BCUT2D eigenvalue weighted by molar-refractivity contribution is 0.181. The number of rotatable bonds is 3. The highest BCUT2D eigenvalue weighted by atomic mass is 79.9. The fourth-order valence-electron chi connectivity index (χ4n) is 1.62. The standard InChI is InChI=1S/C13H12BrFOS/c1-8-6-12(17-13(8)14)11(16)7-9-4-2-3-5-10(9)15/h2-6,11,16H,7H2,1H3. The minimum Gasteiger partial charge on any atom is -0.387 e. The zero-order valence-electron chi connectivity index (χ0n) is 9.28. The Morgan fingerprint density at radius 2 is 2.12 bits per heavy atom. The van der Waals surface area contributed by atoms with Crippen LogP contribution in [0, 0.1) is 12.7 Å². The molecule has 2 rings (SSSR count). The van der Waals surface area contributed by atoms with Crippen molar-refractivity contribution >= 4 is 27.3 Å². The molecule has 90 valence electrons. The number of hydrogen-bond acceptors (Lipinski definition) is 2. The molecule has 0 fully saturated rings. The van der Waals surface area contributed by atoms with Gasteiger partial charge in [0.2, 0.25) is 0 Å². The first-order chi connectivity index (χ1) is 8.08. The predicted octanol–water partition coefficient (Wildman–Crippen LogP) is 4.23. The Labute approximate surface area is 112 Å². The second-order valence-corrected chi connectivity index (χ2v) is 6.32. The Morgan fingerprint density at radius 1 is 1.41 bits per heavy atom. The average molecular weight is 315 g/mol. The molecule has 1 unspecified atom stereocenters. The van der Waals surface area contributed by atoms with Crippen LogP contribution in [0.3, 0.4) is 0 Å². The third kappa shape index (κ3) is 2.94. The topological polar surface area (TPSA) is 20.2 Å². The van der Waals surface area contributed by atoms with Crippen molar-refractivity contribution in [3.05, 3.63) is 55.9 Å². The van der Waals surface area contributed by atoms with E-state index in [4.69, 9.17) is 0 Å². The molecule has 0 radical (unpaired) electrons. The summed E-state index contributed by atoms with van der Waals surface area (Å²) in [5.41, 5.74) is 1.64. The molecule has 0 aliphatic heterocycles. The second-order valence-electron chi connectivity index (χ2n) is 3.92. The van der Waals surface area contributed by atoms with Gasteiger partial charge in [0.25, 0.3) is 0 Å². The molecule has 0 saturated heterocycles. The van der Waals surface area contributed by atoms with E-state index in [2.05, 4.69) is 15.9 Å². The van der Waals surface area contributed by atoms with Crippen molar-refractivity contribution < 1.29 is 9.50 Å². The van der Waals surface area contributed by atoms with Crippen LogP contribution in [0.4, 0.5) is 4.39 Å². The van der Waals surface area contributed by atoms with E-state index in [0.717, 1.165) is 14.2 Å². The van der Waals surface area contributed by atoms with Gasteiger partial charge in [0.15, 0.2) is 0 Å². The second kappa shape index (κ2) is 5.29. The van der Waals surface area contributed by atoms with Gasteiger partial charge in [-0.3, -0.25) is 0 Å². The van der Waals surface area contributed by atoms with Crippen LogP contribution in [0.25, 0.3) is 0 Å². The lowest BCUT2D eigenvalue weighted by Crippen LogP contribution is -2.01. The van der Waals surface area contributed by atoms with E-state index >= 15 is 0 Å². The van der Waals surface area contributed by atoms with Gasteiger partial charge < -0.3 is 5.11 Å². The Hall–Kier alpha value is -0.710. The van der Waals surface area contributed by atoms with Gasteiger partial charge in [-0.25, -0.2) is 4.39 Å². The summed E-state index contributed by atoms with van der Waals surface area (Å²) >= 11 is 4.91. The molecule has 0 bridgehead atoms. The molecule has 2 aromatic rings. The SMILES string of the molecule is Cc1cc(C(O)Cc2ccccc2F)sc1Br. The Balaban J connectivity index is 2.17. The first-order valence-electron chi connectivity index (χ1n) is 5.25. The zero-order chi connectivity index (χ0) is 12.4. The third-order valence-corrected chi connectivity index (χ3v) is 4.81. The smallest absolute Gasteiger partial charge is 0.126 e. The molecule has 1 nitrogen and oxygen atoms in total. The summed E-state index contributed by atoms with van der Waals surface area (Å²) in [4.78, 5) is 0.859. The normalized spacial score (nSPS) is 12.7. The quantitative estimate of drug-likeness (QED) is 0.898. The van der Waals surface area contributed by atoms with E-state index in [1.807, 2.05) is 13.0 Å². The predicted molar refractivity (Wildman–Crippen MR) is 71.8 cm³/mol. The lowest BCUT2D eigenvalue weighted by atomic mass is 10.1. The van der Waals surface area contributed by atoms with Crippen molar-refractivity contribution in [1.29, 1.82) is 0 Å². The minimum absolute atomic E-state index is 0.265. The van der Waals surface area contributed by atoms with E-state index < -0.39 is 6.10 Å². The molecule has 0 aliphatic rings. The summed E-state index contributed by atoms with van der Waals surface area (Å²) in [7, 11) is 0. The number of hydrogen-bond donors (Lipinski definition) is 1. The van der Waals surface area contributed by atoms with Crippen molar-refractivity contribution in [3.8, 4) is 0 Å². The summed E-state index contributed by atoms with van der Waals surface area (Å²) in [6.45, 7) is 1.97. The maximum atomic E-state index is 13.4. The molecule has 0 spiro atoms. The Morgan fingerprint density at radius 3 is 2.71 bits per heavy atom. The molecule has 1 atom stereocenters. The molecule has 1 aromatic carbocycles. The molecular weight excluding hydrogens is 303 g/mol. The van der Waals surface area contributed by atoms with Crippen molar-refractivity contribution in [2.75, 3.05) is 0 Å². The first-order valence-corrected chi connectivity index (χ1v) is 6.86.